The van der Waals surface area contributed by atoms with E-state index in [1.807, 2.05) is 6.07 Å². The molecule has 8 nitrogen and oxygen atoms in total. The first-order valence-electron chi connectivity index (χ1n) is 11.5. The van der Waals surface area contributed by atoms with Crippen LogP contribution in [0, 0.1) is 0 Å². The fourth-order valence-electron chi connectivity index (χ4n) is 4.00. The molecule has 3 aromatic rings. The van der Waals surface area contributed by atoms with Gasteiger partial charge in [0.1, 0.15) is 5.75 Å². The summed E-state index contributed by atoms with van der Waals surface area (Å²) in [5.41, 5.74) is 6.52. The zero-order chi connectivity index (χ0) is 25.1. The number of primary amides is 1. The van der Waals surface area contributed by atoms with E-state index in [1.165, 1.54) is 0 Å². The van der Waals surface area contributed by atoms with Crippen molar-refractivity contribution in [2.45, 2.75) is 42.9 Å². The van der Waals surface area contributed by atoms with E-state index in [0.717, 1.165) is 47.1 Å². The van der Waals surface area contributed by atoms with E-state index in [4.69, 9.17) is 15.5 Å². The lowest BCUT2D eigenvalue weighted by molar-refractivity contribution is -0.119. The van der Waals surface area contributed by atoms with E-state index in [9.17, 15) is 13.2 Å². The topological polar surface area (TPSA) is 115 Å². The Morgan fingerprint density at radius 2 is 1.94 bits per heavy atom. The number of thioether (sulfide) groups is 1. The molecule has 4 rings (SSSR count). The van der Waals surface area contributed by atoms with Crippen molar-refractivity contribution >= 4 is 54.4 Å². The minimum absolute atomic E-state index is 0.125. The van der Waals surface area contributed by atoms with Crippen LogP contribution in [-0.2, 0) is 21.4 Å². The summed E-state index contributed by atoms with van der Waals surface area (Å²) in [6.07, 6.45) is 2.24. The summed E-state index contributed by atoms with van der Waals surface area (Å²) in [5, 5.41) is 0.952. The molecule has 0 radical (unpaired) electrons. The van der Waals surface area contributed by atoms with E-state index in [0.29, 0.717) is 11.3 Å². The largest absolute Gasteiger partial charge is 0.484 e. The Kier molecular flexibility index (Phi) is 7.89. The zero-order valence-corrected chi connectivity index (χ0v) is 22.3. The minimum Gasteiger partial charge on any atom is -0.484 e. The third-order valence-electron chi connectivity index (χ3n) is 6.24. The highest BCUT2D eigenvalue weighted by molar-refractivity contribution is 8.00. The standard InChI is InChI=1S/C24H30N4O4S3/c1-3-24(4-2)16-28(11-12-33-24)23-27-20-13-19(9-10-21(20)34-23)35(30,31)26-14-17-5-7-18(8-6-17)32-15-22(25)29/h5-10,13,26H,3-4,11-12,14-16H2,1-2H3,(H2,25,29). The Hall–Kier alpha value is -2.34. The number of hydrogen-bond donors (Lipinski definition) is 2. The van der Waals surface area contributed by atoms with Crippen LogP contribution in [0.25, 0.3) is 10.2 Å². The molecule has 0 unspecified atom stereocenters. The molecule has 2 heterocycles. The van der Waals surface area contributed by atoms with Crippen molar-refractivity contribution in [3.05, 3.63) is 48.0 Å². The highest BCUT2D eigenvalue weighted by Gasteiger charge is 2.34. The van der Waals surface area contributed by atoms with E-state index in [2.05, 4.69) is 35.2 Å². The van der Waals surface area contributed by atoms with Gasteiger partial charge in [0.15, 0.2) is 11.7 Å². The molecule has 2 aromatic carbocycles. The van der Waals surface area contributed by atoms with Crippen LogP contribution in [0.1, 0.15) is 32.3 Å². The fourth-order valence-corrected chi connectivity index (χ4v) is 7.41. The zero-order valence-electron chi connectivity index (χ0n) is 19.8. The molecule has 0 spiro atoms. The Balaban J connectivity index is 1.45. The summed E-state index contributed by atoms with van der Waals surface area (Å²) in [5.74, 6) is 0.998. The molecule has 1 saturated heterocycles. The Labute approximate surface area is 214 Å². The van der Waals surface area contributed by atoms with Crippen molar-refractivity contribution in [2.75, 3.05) is 30.3 Å². The molecule has 0 atom stereocenters. The lowest BCUT2D eigenvalue weighted by Crippen LogP contribution is -2.46. The fraction of sp³-hybridized carbons (Fsp3) is 0.417. The van der Waals surface area contributed by atoms with Crippen LogP contribution < -0.4 is 20.1 Å². The Morgan fingerprint density at radius 1 is 1.20 bits per heavy atom. The first kappa shape index (κ1) is 25.7. The monoisotopic (exact) mass is 534 g/mol. The summed E-state index contributed by atoms with van der Waals surface area (Å²) in [4.78, 5) is 18.1. The van der Waals surface area contributed by atoms with Gasteiger partial charge in [-0.05, 0) is 48.7 Å². The van der Waals surface area contributed by atoms with Crippen LogP contribution in [-0.4, -0.2) is 49.5 Å². The summed E-state index contributed by atoms with van der Waals surface area (Å²) < 4.78 is 35.0. The number of benzene rings is 2. The van der Waals surface area contributed by atoms with Crippen LogP contribution in [0.15, 0.2) is 47.4 Å². The molecule has 1 amide bonds. The molecule has 11 heteroatoms. The van der Waals surface area contributed by atoms with Gasteiger partial charge in [0, 0.05) is 30.1 Å². The van der Waals surface area contributed by atoms with Gasteiger partial charge in [0.05, 0.1) is 15.1 Å². The molecule has 0 aliphatic carbocycles. The van der Waals surface area contributed by atoms with Gasteiger partial charge < -0.3 is 15.4 Å². The van der Waals surface area contributed by atoms with Gasteiger partial charge in [0.25, 0.3) is 5.91 Å². The third kappa shape index (κ3) is 6.08. The number of nitrogens with zero attached hydrogens (tertiary/aromatic N) is 2. The molecule has 0 saturated carbocycles. The van der Waals surface area contributed by atoms with Gasteiger partial charge in [0.2, 0.25) is 10.0 Å². The number of hydrogen-bond acceptors (Lipinski definition) is 8. The second kappa shape index (κ2) is 10.7. The van der Waals surface area contributed by atoms with Gasteiger partial charge in [-0.2, -0.15) is 11.8 Å². The molecule has 1 aliphatic rings. The van der Waals surface area contributed by atoms with Crippen molar-refractivity contribution < 1.29 is 17.9 Å². The molecule has 1 aliphatic heterocycles. The number of carbonyl (C=O) groups excluding carboxylic acids is 1. The van der Waals surface area contributed by atoms with Crippen LogP contribution in [0.2, 0.25) is 0 Å². The van der Waals surface area contributed by atoms with Crippen LogP contribution in [0.4, 0.5) is 5.13 Å². The number of thiazole rings is 1. The molecule has 1 fully saturated rings. The number of nitrogens with one attached hydrogen (secondary N) is 1. The molecular weight excluding hydrogens is 504 g/mol. The molecule has 35 heavy (non-hydrogen) atoms. The number of anilines is 1. The average Bonchev–Trinajstić information content (AvgIpc) is 3.30. The van der Waals surface area contributed by atoms with Crippen molar-refractivity contribution in [3.8, 4) is 5.75 Å². The molecule has 0 bridgehead atoms. The quantitative estimate of drug-likeness (QED) is 0.407. The number of nitrogens with two attached hydrogens (primary N) is 1. The number of fused-ring (bicyclic) bond motifs is 1. The summed E-state index contributed by atoms with van der Waals surface area (Å²) >= 11 is 3.66. The van der Waals surface area contributed by atoms with Crippen molar-refractivity contribution in [2.24, 2.45) is 5.73 Å². The van der Waals surface area contributed by atoms with E-state index in [1.54, 1.807) is 47.7 Å². The van der Waals surface area contributed by atoms with Crippen molar-refractivity contribution in [1.29, 1.82) is 0 Å². The third-order valence-corrected chi connectivity index (χ3v) is 10.4. The highest BCUT2D eigenvalue weighted by Crippen LogP contribution is 2.40. The maximum atomic E-state index is 12.9. The van der Waals surface area contributed by atoms with Gasteiger partial charge in [-0.15, -0.1) is 0 Å². The van der Waals surface area contributed by atoms with Gasteiger partial charge >= 0.3 is 0 Å². The van der Waals surface area contributed by atoms with Crippen molar-refractivity contribution in [1.82, 2.24) is 9.71 Å². The maximum absolute atomic E-state index is 12.9. The molecule has 188 valence electrons. The predicted octanol–water partition coefficient (Wildman–Crippen LogP) is 3.75. The maximum Gasteiger partial charge on any atom is 0.255 e. The number of aromatic nitrogens is 1. The first-order chi connectivity index (χ1) is 16.7. The predicted molar refractivity (Wildman–Crippen MR) is 143 cm³/mol. The van der Waals surface area contributed by atoms with Crippen LogP contribution >= 0.6 is 23.1 Å². The van der Waals surface area contributed by atoms with Crippen molar-refractivity contribution in [3.63, 3.8) is 0 Å². The lowest BCUT2D eigenvalue weighted by Gasteiger charge is -2.41. The summed E-state index contributed by atoms with van der Waals surface area (Å²) in [6.45, 7) is 6.32. The van der Waals surface area contributed by atoms with E-state index in [-0.39, 0.29) is 22.8 Å². The van der Waals surface area contributed by atoms with Crippen LogP contribution in [0.3, 0.4) is 0 Å². The second-order valence-electron chi connectivity index (χ2n) is 8.51. The smallest absolute Gasteiger partial charge is 0.255 e. The Morgan fingerprint density at radius 3 is 2.63 bits per heavy atom. The number of ether oxygens (including phenoxy) is 1. The summed E-state index contributed by atoms with van der Waals surface area (Å²) in [7, 11) is -3.72. The number of sulfonamides is 1. The Bertz CT molecular complexity index is 1290. The SMILES string of the molecule is CCC1(CC)CN(c2nc3cc(S(=O)(=O)NCc4ccc(OCC(N)=O)cc4)ccc3s2)CCS1. The first-order valence-corrected chi connectivity index (χ1v) is 14.8. The number of carbonyl (C=O) groups is 1. The number of rotatable bonds is 10. The molecular formula is C24H30N4O4S3. The van der Waals surface area contributed by atoms with E-state index >= 15 is 0 Å². The normalized spacial score (nSPS) is 15.9. The van der Waals surface area contributed by atoms with Gasteiger partial charge in [-0.1, -0.05) is 37.3 Å². The second-order valence-corrected chi connectivity index (χ2v) is 12.8. The van der Waals surface area contributed by atoms with E-state index < -0.39 is 15.9 Å². The highest BCUT2D eigenvalue weighted by atomic mass is 32.2. The average molecular weight is 535 g/mol. The molecule has 3 N–H and O–H groups in total. The minimum atomic E-state index is -3.72. The van der Waals surface area contributed by atoms with Gasteiger partial charge in [-0.3, -0.25) is 4.79 Å². The number of amides is 1. The lowest BCUT2D eigenvalue weighted by atomic mass is 10.0. The molecule has 1 aromatic heterocycles. The summed E-state index contributed by atoms with van der Waals surface area (Å²) in [6, 6.07) is 11.9. The van der Waals surface area contributed by atoms with Gasteiger partial charge in [-0.25, -0.2) is 18.1 Å². The van der Waals surface area contributed by atoms with Crippen LogP contribution in [0.5, 0.6) is 5.75 Å².